The molecule has 29 heavy (non-hydrogen) atoms. The summed E-state index contributed by atoms with van der Waals surface area (Å²) in [6, 6.07) is 18.5. The van der Waals surface area contributed by atoms with Gasteiger partial charge in [0, 0.05) is 13.1 Å². The van der Waals surface area contributed by atoms with Crippen LogP contribution in [-0.4, -0.2) is 42.1 Å². The third-order valence-electron chi connectivity index (χ3n) is 5.39. The second kappa shape index (κ2) is 10.4. The van der Waals surface area contributed by atoms with Crippen molar-refractivity contribution in [2.45, 2.75) is 45.4 Å². The molecular formula is C24H34N4O. The van der Waals surface area contributed by atoms with Crippen molar-refractivity contribution in [3.63, 3.8) is 0 Å². The SMILES string of the molecule is CCNC(=NCc1ccc(CN2CCCC2)cc1)NCC(C)(O)c1ccccc1. The van der Waals surface area contributed by atoms with Crippen LogP contribution in [0, 0.1) is 0 Å². The molecule has 1 aliphatic heterocycles. The Morgan fingerprint density at radius 2 is 1.66 bits per heavy atom. The second-order valence-corrected chi connectivity index (χ2v) is 7.99. The fourth-order valence-corrected chi connectivity index (χ4v) is 3.62. The Balaban J connectivity index is 1.55. The average molecular weight is 395 g/mol. The lowest BCUT2D eigenvalue weighted by atomic mass is 9.96. The van der Waals surface area contributed by atoms with Crippen molar-refractivity contribution >= 4 is 5.96 Å². The summed E-state index contributed by atoms with van der Waals surface area (Å²) in [7, 11) is 0. The largest absolute Gasteiger partial charge is 0.384 e. The molecule has 2 aromatic rings. The molecule has 0 radical (unpaired) electrons. The average Bonchev–Trinajstić information content (AvgIpc) is 3.25. The molecule has 0 aromatic heterocycles. The Morgan fingerprint density at radius 3 is 2.31 bits per heavy atom. The molecule has 3 N–H and O–H groups in total. The Bertz CT molecular complexity index is 765. The molecule has 0 bridgehead atoms. The van der Waals surface area contributed by atoms with E-state index in [0.717, 1.165) is 18.7 Å². The van der Waals surface area contributed by atoms with Crippen LogP contribution in [0.1, 0.15) is 43.4 Å². The number of aliphatic imine (C=N–C) groups is 1. The van der Waals surface area contributed by atoms with E-state index in [1.54, 1.807) is 0 Å². The van der Waals surface area contributed by atoms with Gasteiger partial charge in [0.2, 0.25) is 0 Å². The number of aliphatic hydroxyl groups is 1. The second-order valence-electron chi connectivity index (χ2n) is 7.99. The van der Waals surface area contributed by atoms with Crippen molar-refractivity contribution in [2.24, 2.45) is 4.99 Å². The zero-order valence-corrected chi connectivity index (χ0v) is 17.7. The molecule has 1 atom stereocenters. The molecule has 156 valence electrons. The van der Waals surface area contributed by atoms with Gasteiger partial charge in [0.25, 0.3) is 0 Å². The first-order valence-corrected chi connectivity index (χ1v) is 10.7. The lowest BCUT2D eigenvalue weighted by Crippen LogP contribution is -2.44. The number of nitrogens with zero attached hydrogens (tertiary/aromatic N) is 2. The zero-order valence-electron chi connectivity index (χ0n) is 17.7. The van der Waals surface area contributed by atoms with Crippen LogP contribution in [-0.2, 0) is 18.7 Å². The quantitative estimate of drug-likeness (QED) is 0.475. The van der Waals surface area contributed by atoms with Gasteiger partial charge in [-0.1, -0.05) is 54.6 Å². The van der Waals surface area contributed by atoms with Gasteiger partial charge < -0.3 is 15.7 Å². The molecule has 1 fully saturated rings. The first kappa shape index (κ1) is 21.3. The van der Waals surface area contributed by atoms with Gasteiger partial charge >= 0.3 is 0 Å². The Labute approximate surface area is 174 Å². The van der Waals surface area contributed by atoms with Crippen LogP contribution < -0.4 is 10.6 Å². The lowest BCUT2D eigenvalue weighted by molar-refractivity contribution is 0.0617. The Morgan fingerprint density at radius 1 is 1.00 bits per heavy atom. The highest BCUT2D eigenvalue weighted by molar-refractivity contribution is 5.79. The smallest absolute Gasteiger partial charge is 0.191 e. The van der Waals surface area contributed by atoms with Crippen molar-refractivity contribution in [3.8, 4) is 0 Å². The fraction of sp³-hybridized carbons (Fsp3) is 0.458. The van der Waals surface area contributed by atoms with Gasteiger partial charge in [0.1, 0.15) is 5.60 Å². The number of likely N-dealkylation sites (tertiary alicyclic amines) is 1. The Hall–Kier alpha value is -2.37. The number of hydrogen-bond acceptors (Lipinski definition) is 3. The third kappa shape index (κ3) is 6.58. The van der Waals surface area contributed by atoms with Gasteiger partial charge in [-0.25, -0.2) is 4.99 Å². The zero-order chi connectivity index (χ0) is 20.5. The van der Waals surface area contributed by atoms with Gasteiger partial charge in [-0.15, -0.1) is 0 Å². The molecule has 3 rings (SSSR count). The molecule has 0 spiro atoms. The molecule has 0 saturated carbocycles. The van der Waals surface area contributed by atoms with Gasteiger partial charge in [0.05, 0.1) is 13.1 Å². The maximum atomic E-state index is 10.8. The van der Waals surface area contributed by atoms with Crippen LogP contribution in [0.2, 0.25) is 0 Å². The van der Waals surface area contributed by atoms with Crippen LogP contribution in [0.25, 0.3) is 0 Å². The number of nitrogens with one attached hydrogen (secondary N) is 2. The van der Waals surface area contributed by atoms with Crippen molar-refractivity contribution in [3.05, 3.63) is 71.3 Å². The van der Waals surface area contributed by atoms with Gasteiger partial charge in [-0.3, -0.25) is 4.90 Å². The minimum atomic E-state index is -0.964. The highest BCUT2D eigenvalue weighted by Crippen LogP contribution is 2.19. The van der Waals surface area contributed by atoms with E-state index in [2.05, 4.69) is 44.8 Å². The van der Waals surface area contributed by atoms with Crippen LogP contribution >= 0.6 is 0 Å². The molecule has 1 heterocycles. The van der Waals surface area contributed by atoms with Crippen molar-refractivity contribution in [1.29, 1.82) is 0 Å². The highest BCUT2D eigenvalue weighted by atomic mass is 16.3. The van der Waals surface area contributed by atoms with E-state index in [1.807, 2.05) is 44.2 Å². The highest BCUT2D eigenvalue weighted by Gasteiger charge is 2.22. The molecule has 1 aliphatic rings. The summed E-state index contributed by atoms with van der Waals surface area (Å²) in [6.45, 7) is 9.10. The minimum absolute atomic E-state index is 0.387. The number of rotatable bonds is 8. The minimum Gasteiger partial charge on any atom is -0.384 e. The lowest BCUT2D eigenvalue weighted by Gasteiger charge is -2.25. The number of guanidine groups is 1. The first-order chi connectivity index (χ1) is 14.1. The van der Waals surface area contributed by atoms with Gasteiger partial charge in [-0.2, -0.15) is 0 Å². The molecule has 0 amide bonds. The van der Waals surface area contributed by atoms with Crippen LogP contribution in [0.3, 0.4) is 0 Å². The first-order valence-electron chi connectivity index (χ1n) is 10.7. The van der Waals surface area contributed by atoms with E-state index in [-0.39, 0.29) is 0 Å². The van der Waals surface area contributed by atoms with Crippen molar-refractivity contribution in [2.75, 3.05) is 26.2 Å². The Kier molecular flexibility index (Phi) is 7.67. The number of hydrogen-bond donors (Lipinski definition) is 3. The summed E-state index contributed by atoms with van der Waals surface area (Å²) in [5.41, 5.74) is 2.47. The normalized spacial score (nSPS) is 17.1. The fourth-order valence-electron chi connectivity index (χ4n) is 3.62. The summed E-state index contributed by atoms with van der Waals surface area (Å²) >= 11 is 0. The third-order valence-corrected chi connectivity index (χ3v) is 5.39. The molecule has 5 nitrogen and oxygen atoms in total. The summed E-state index contributed by atoms with van der Waals surface area (Å²) in [5, 5.41) is 17.3. The van der Waals surface area contributed by atoms with Crippen LogP contribution in [0.15, 0.2) is 59.6 Å². The van der Waals surface area contributed by atoms with E-state index in [0.29, 0.717) is 19.0 Å². The monoisotopic (exact) mass is 394 g/mol. The molecule has 5 heteroatoms. The van der Waals surface area contributed by atoms with Crippen molar-refractivity contribution in [1.82, 2.24) is 15.5 Å². The van der Waals surface area contributed by atoms with E-state index in [4.69, 9.17) is 0 Å². The van der Waals surface area contributed by atoms with E-state index in [1.165, 1.54) is 37.1 Å². The van der Waals surface area contributed by atoms with E-state index in [9.17, 15) is 5.11 Å². The summed E-state index contributed by atoms with van der Waals surface area (Å²) in [4.78, 5) is 7.20. The van der Waals surface area contributed by atoms with E-state index < -0.39 is 5.60 Å². The van der Waals surface area contributed by atoms with Crippen molar-refractivity contribution < 1.29 is 5.11 Å². The topological polar surface area (TPSA) is 59.9 Å². The molecule has 1 unspecified atom stereocenters. The molecule has 1 saturated heterocycles. The number of benzene rings is 2. The van der Waals surface area contributed by atoms with Crippen LogP contribution in [0.4, 0.5) is 0 Å². The maximum absolute atomic E-state index is 10.8. The van der Waals surface area contributed by atoms with Crippen LogP contribution in [0.5, 0.6) is 0 Å². The summed E-state index contributed by atoms with van der Waals surface area (Å²) in [5.74, 6) is 0.713. The van der Waals surface area contributed by atoms with Gasteiger partial charge in [-0.05, 0) is 56.5 Å². The standard InChI is InChI=1S/C24H34N4O/c1-3-25-23(27-19-24(2,29)22-9-5-4-6-10-22)26-17-20-11-13-21(14-12-20)18-28-15-7-8-16-28/h4-6,9-14,29H,3,7-8,15-19H2,1-2H3,(H2,25,26,27). The molecule has 2 aromatic carbocycles. The predicted molar refractivity (Wildman–Crippen MR) is 120 cm³/mol. The van der Waals surface area contributed by atoms with E-state index >= 15 is 0 Å². The van der Waals surface area contributed by atoms with Gasteiger partial charge in [0.15, 0.2) is 5.96 Å². The summed E-state index contributed by atoms with van der Waals surface area (Å²) < 4.78 is 0. The summed E-state index contributed by atoms with van der Waals surface area (Å²) in [6.07, 6.45) is 2.65. The molecular weight excluding hydrogens is 360 g/mol. The maximum Gasteiger partial charge on any atom is 0.191 e. The molecule has 0 aliphatic carbocycles. The predicted octanol–water partition coefficient (Wildman–Crippen LogP) is 3.25.